The van der Waals surface area contributed by atoms with Crippen LogP contribution in [0.1, 0.15) is 5.56 Å². The minimum atomic E-state index is -3.94. The van der Waals surface area contributed by atoms with Gasteiger partial charge in [0.25, 0.3) is 0 Å². The minimum absolute atomic E-state index is 0.0795. The molecule has 0 N–H and O–H groups in total. The highest BCUT2D eigenvalue weighted by Crippen LogP contribution is 2.25. The Bertz CT molecular complexity index is 988. The van der Waals surface area contributed by atoms with Gasteiger partial charge in [-0.15, -0.1) is 0 Å². The summed E-state index contributed by atoms with van der Waals surface area (Å²) in [6, 6.07) is 21.9. The molecule has 0 fully saturated rings. The van der Waals surface area contributed by atoms with Gasteiger partial charge in [-0.05, 0) is 42.5 Å². The third-order valence-corrected chi connectivity index (χ3v) is 4.80. The van der Waals surface area contributed by atoms with E-state index in [1.165, 1.54) is 24.4 Å². The van der Waals surface area contributed by atoms with E-state index in [4.69, 9.17) is 15.8 Å². The highest BCUT2D eigenvalue weighted by Gasteiger charge is 2.17. The number of aliphatic imine (C=N–C) groups is 1. The van der Waals surface area contributed by atoms with Gasteiger partial charge < -0.3 is 4.18 Å². The van der Waals surface area contributed by atoms with Gasteiger partial charge in [-0.25, -0.2) is 0 Å². The highest BCUT2D eigenvalue weighted by atomic mass is 35.5. The lowest BCUT2D eigenvalue weighted by atomic mass is 10.2. The van der Waals surface area contributed by atoms with Crippen molar-refractivity contribution in [3.8, 4) is 5.75 Å². The number of benzene rings is 3. The quantitative estimate of drug-likeness (QED) is 0.475. The van der Waals surface area contributed by atoms with Crippen LogP contribution in [-0.2, 0) is 10.1 Å². The van der Waals surface area contributed by atoms with Crippen LogP contribution in [0, 0.1) is 0 Å². The molecule has 3 aromatic carbocycles. The summed E-state index contributed by atoms with van der Waals surface area (Å²) in [6.45, 7) is 0. The van der Waals surface area contributed by atoms with Crippen molar-refractivity contribution < 1.29 is 12.6 Å². The summed E-state index contributed by atoms with van der Waals surface area (Å²) in [5.74, 6) is 0.160. The lowest BCUT2D eigenvalue weighted by Crippen LogP contribution is -2.10. The van der Waals surface area contributed by atoms with Crippen LogP contribution in [0.2, 0.25) is 5.02 Å². The van der Waals surface area contributed by atoms with Crippen molar-refractivity contribution in [3.05, 3.63) is 89.4 Å². The summed E-state index contributed by atoms with van der Waals surface area (Å²) in [5, 5.41) is 0.457. The normalized spacial score (nSPS) is 11.6. The molecule has 0 spiro atoms. The molecule has 25 heavy (non-hydrogen) atoms. The second-order valence-corrected chi connectivity index (χ2v) is 7.11. The topological polar surface area (TPSA) is 55.7 Å². The Labute approximate surface area is 151 Å². The average molecular weight is 372 g/mol. The first-order valence-corrected chi connectivity index (χ1v) is 9.21. The summed E-state index contributed by atoms with van der Waals surface area (Å²) in [6.07, 6.45) is 1.52. The van der Waals surface area contributed by atoms with Crippen molar-refractivity contribution in [2.45, 2.75) is 4.90 Å². The van der Waals surface area contributed by atoms with E-state index in [-0.39, 0.29) is 10.6 Å². The van der Waals surface area contributed by atoms with E-state index < -0.39 is 10.1 Å². The van der Waals surface area contributed by atoms with E-state index in [1.54, 1.807) is 30.3 Å². The predicted octanol–water partition coefficient (Wildman–Crippen LogP) is 4.86. The zero-order chi connectivity index (χ0) is 17.7. The smallest absolute Gasteiger partial charge is 0.339 e. The molecule has 0 aromatic heterocycles. The molecule has 3 aromatic rings. The zero-order valence-corrected chi connectivity index (χ0v) is 14.6. The van der Waals surface area contributed by atoms with E-state index >= 15 is 0 Å². The third-order valence-electron chi connectivity index (χ3n) is 3.31. The Morgan fingerprint density at radius 1 is 0.880 bits per heavy atom. The van der Waals surface area contributed by atoms with Crippen LogP contribution in [0.5, 0.6) is 5.75 Å². The lowest BCUT2D eigenvalue weighted by molar-refractivity contribution is 0.485. The maximum Gasteiger partial charge on any atom is 0.339 e. The van der Waals surface area contributed by atoms with Gasteiger partial charge in [0.1, 0.15) is 4.90 Å². The molecule has 0 amide bonds. The number of para-hydroxylation sites is 1. The van der Waals surface area contributed by atoms with Gasteiger partial charge in [-0.1, -0.05) is 48.0 Å². The van der Waals surface area contributed by atoms with Crippen LogP contribution in [0.25, 0.3) is 0 Å². The van der Waals surface area contributed by atoms with Crippen molar-refractivity contribution in [3.63, 3.8) is 0 Å². The standard InChI is InChI=1S/C19H14ClNO3S/c20-16-11-12-19(24-25(22,23)18-9-5-2-6-10-18)15(13-16)14-21-17-7-3-1-4-8-17/h1-14H. The molecule has 3 rings (SSSR count). The molecule has 0 atom stereocenters. The van der Waals surface area contributed by atoms with Gasteiger partial charge in [0.15, 0.2) is 5.75 Å². The molecule has 0 radical (unpaired) electrons. The fourth-order valence-corrected chi connectivity index (χ4v) is 3.26. The summed E-state index contributed by atoms with van der Waals surface area (Å²) < 4.78 is 30.1. The molecule has 4 nitrogen and oxygen atoms in total. The molecule has 0 unspecified atom stereocenters. The monoisotopic (exact) mass is 371 g/mol. The minimum Gasteiger partial charge on any atom is -0.378 e. The molecule has 0 aliphatic heterocycles. The van der Waals surface area contributed by atoms with E-state index in [2.05, 4.69) is 4.99 Å². The van der Waals surface area contributed by atoms with E-state index in [0.717, 1.165) is 5.69 Å². The van der Waals surface area contributed by atoms with Crippen molar-refractivity contribution >= 4 is 33.6 Å². The molecule has 0 heterocycles. The number of rotatable bonds is 5. The van der Waals surface area contributed by atoms with Crippen LogP contribution in [0.4, 0.5) is 5.69 Å². The van der Waals surface area contributed by atoms with Gasteiger partial charge in [0, 0.05) is 16.8 Å². The Morgan fingerprint density at radius 2 is 1.52 bits per heavy atom. The fourth-order valence-electron chi connectivity index (χ4n) is 2.11. The Morgan fingerprint density at radius 3 is 2.20 bits per heavy atom. The molecule has 0 bridgehead atoms. The van der Waals surface area contributed by atoms with Crippen LogP contribution >= 0.6 is 11.6 Å². The molecule has 0 aliphatic carbocycles. The Kier molecular flexibility index (Phi) is 5.16. The number of nitrogens with zero attached hydrogens (tertiary/aromatic N) is 1. The van der Waals surface area contributed by atoms with Crippen molar-refractivity contribution in [2.24, 2.45) is 4.99 Å². The SMILES string of the molecule is O=S(=O)(Oc1ccc(Cl)cc1C=Nc1ccccc1)c1ccccc1. The van der Waals surface area contributed by atoms with Crippen LogP contribution in [0.3, 0.4) is 0 Å². The van der Waals surface area contributed by atoms with Crippen molar-refractivity contribution in [2.75, 3.05) is 0 Å². The molecular weight excluding hydrogens is 358 g/mol. The molecule has 0 saturated carbocycles. The number of hydrogen-bond donors (Lipinski definition) is 0. The number of halogens is 1. The molecular formula is C19H14ClNO3S. The van der Waals surface area contributed by atoms with E-state index in [9.17, 15) is 8.42 Å². The first-order valence-electron chi connectivity index (χ1n) is 7.43. The van der Waals surface area contributed by atoms with E-state index in [1.807, 2.05) is 30.3 Å². The maximum absolute atomic E-state index is 12.4. The second-order valence-electron chi connectivity index (χ2n) is 5.13. The zero-order valence-electron chi connectivity index (χ0n) is 13.0. The number of hydrogen-bond acceptors (Lipinski definition) is 4. The first-order chi connectivity index (χ1) is 12.0. The predicted molar refractivity (Wildman–Crippen MR) is 99.4 cm³/mol. The van der Waals surface area contributed by atoms with Gasteiger partial charge in [-0.2, -0.15) is 8.42 Å². The first kappa shape index (κ1) is 17.2. The van der Waals surface area contributed by atoms with Gasteiger partial charge in [0.2, 0.25) is 0 Å². The summed E-state index contributed by atoms with van der Waals surface area (Å²) in [4.78, 5) is 4.40. The Hall–Kier alpha value is -2.63. The summed E-state index contributed by atoms with van der Waals surface area (Å²) >= 11 is 6.02. The third kappa shape index (κ3) is 4.47. The lowest BCUT2D eigenvalue weighted by Gasteiger charge is -2.09. The fraction of sp³-hybridized carbons (Fsp3) is 0. The van der Waals surface area contributed by atoms with E-state index in [0.29, 0.717) is 10.6 Å². The van der Waals surface area contributed by atoms with Crippen LogP contribution < -0.4 is 4.18 Å². The van der Waals surface area contributed by atoms with Crippen LogP contribution in [-0.4, -0.2) is 14.6 Å². The second kappa shape index (κ2) is 7.51. The molecule has 0 saturated heterocycles. The van der Waals surface area contributed by atoms with Gasteiger partial charge in [0.05, 0.1) is 5.69 Å². The van der Waals surface area contributed by atoms with Crippen molar-refractivity contribution in [1.29, 1.82) is 0 Å². The molecule has 126 valence electrons. The average Bonchev–Trinajstić information content (AvgIpc) is 2.63. The van der Waals surface area contributed by atoms with Gasteiger partial charge in [-0.3, -0.25) is 4.99 Å². The highest BCUT2D eigenvalue weighted by molar-refractivity contribution is 7.87. The molecule has 6 heteroatoms. The summed E-state index contributed by atoms with van der Waals surface area (Å²) in [7, 11) is -3.94. The van der Waals surface area contributed by atoms with Crippen molar-refractivity contribution in [1.82, 2.24) is 0 Å². The molecule has 0 aliphatic rings. The maximum atomic E-state index is 12.4. The summed E-state index contributed by atoms with van der Waals surface area (Å²) in [5.41, 5.74) is 1.20. The van der Waals surface area contributed by atoms with Crippen LogP contribution in [0.15, 0.2) is 88.8 Å². The van der Waals surface area contributed by atoms with Gasteiger partial charge >= 0.3 is 10.1 Å². The Balaban J connectivity index is 1.93. The largest absolute Gasteiger partial charge is 0.378 e.